The standard InChI is InChI=1S/C15H29NO3/c1-10(2)7-12(14(18)19)16-13(17)8-11(3)9-15(4,5)6/h10-12H,7-9H2,1-6H3,(H,16,17)(H,18,19). The summed E-state index contributed by atoms with van der Waals surface area (Å²) in [5, 5.41) is 11.7. The zero-order valence-electron chi connectivity index (χ0n) is 13.1. The minimum atomic E-state index is -0.953. The Bertz CT molecular complexity index is 305. The van der Waals surface area contributed by atoms with Crippen molar-refractivity contribution in [2.24, 2.45) is 17.3 Å². The fourth-order valence-corrected chi connectivity index (χ4v) is 2.38. The normalized spacial score (nSPS) is 15.1. The highest BCUT2D eigenvalue weighted by atomic mass is 16.4. The minimum Gasteiger partial charge on any atom is -0.480 e. The van der Waals surface area contributed by atoms with Crippen LogP contribution in [0.5, 0.6) is 0 Å². The summed E-state index contributed by atoms with van der Waals surface area (Å²) >= 11 is 0. The van der Waals surface area contributed by atoms with E-state index in [4.69, 9.17) is 5.11 Å². The van der Waals surface area contributed by atoms with Crippen LogP contribution in [0.4, 0.5) is 0 Å². The molecule has 112 valence electrons. The Morgan fingerprint density at radius 1 is 1.16 bits per heavy atom. The number of nitrogens with one attached hydrogen (secondary N) is 1. The smallest absolute Gasteiger partial charge is 0.326 e. The molecule has 0 radical (unpaired) electrons. The first-order chi connectivity index (χ1) is 8.51. The van der Waals surface area contributed by atoms with Gasteiger partial charge < -0.3 is 10.4 Å². The van der Waals surface area contributed by atoms with Crippen molar-refractivity contribution in [1.82, 2.24) is 5.32 Å². The summed E-state index contributed by atoms with van der Waals surface area (Å²) in [6.45, 7) is 12.3. The predicted octanol–water partition coefficient (Wildman–Crippen LogP) is 3.06. The number of amides is 1. The molecule has 0 aromatic carbocycles. The maximum Gasteiger partial charge on any atom is 0.326 e. The van der Waals surface area contributed by atoms with Crippen molar-refractivity contribution in [3.8, 4) is 0 Å². The maximum absolute atomic E-state index is 11.9. The van der Waals surface area contributed by atoms with Crippen molar-refractivity contribution < 1.29 is 14.7 Å². The number of carbonyl (C=O) groups excluding carboxylic acids is 1. The predicted molar refractivity (Wildman–Crippen MR) is 76.9 cm³/mol. The molecule has 2 unspecified atom stereocenters. The number of carboxylic acid groups (broad SMARTS) is 1. The fraction of sp³-hybridized carbons (Fsp3) is 0.867. The summed E-state index contributed by atoms with van der Waals surface area (Å²) in [4.78, 5) is 22.9. The van der Waals surface area contributed by atoms with Crippen LogP contribution in [0.1, 0.15) is 60.8 Å². The SMILES string of the molecule is CC(C)CC(NC(=O)CC(C)CC(C)(C)C)C(=O)O. The van der Waals surface area contributed by atoms with Crippen LogP contribution >= 0.6 is 0 Å². The molecule has 0 spiro atoms. The van der Waals surface area contributed by atoms with Crippen molar-refractivity contribution in [3.63, 3.8) is 0 Å². The number of carboxylic acids is 1. The summed E-state index contributed by atoms with van der Waals surface area (Å²) in [6, 6.07) is -0.769. The van der Waals surface area contributed by atoms with E-state index in [2.05, 4.69) is 26.1 Å². The monoisotopic (exact) mass is 271 g/mol. The molecule has 0 aromatic rings. The van der Waals surface area contributed by atoms with Gasteiger partial charge in [0.25, 0.3) is 0 Å². The van der Waals surface area contributed by atoms with Crippen LogP contribution in [0, 0.1) is 17.3 Å². The van der Waals surface area contributed by atoms with Gasteiger partial charge in [-0.25, -0.2) is 4.79 Å². The van der Waals surface area contributed by atoms with E-state index >= 15 is 0 Å². The van der Waals surface area contributed by atoms with Crippen LogP contribution in [-0.4, -0.2) is 23.0 Å². The molecule has 0 aliphatic carbocycles. The van der Waals surface area contributed by atoms with Gasteiger partial charge in [0.2, 0.25) is 5.91 Å². The van der Waals surface area contributed by atoms with Crippen LogP contribution in [0.3, 0.4) is 0 Å². The Balaban J connectivity index is 4.30. The van der Waals surface area contributed by atoms with E-state index in [0.717, 1.165) is 6.42 Å². The fourth-order valence-electron chi connectivity index (χ4n) is 2.38. The van der Waals surface area contributed by atoms with Gasteiger partial charge in [0, 0.05) is 6.42 Å². The Hall–Kier alpha value is -1.06. The molecule has 2 atom stereocenters. The van der Waals surface area contributed by atoms with E-state index in [1.165, 1.54) is 0 Å². The zero-order valence-corrected chi connectivity index (χ0v) is 13.1. The van der Waals surface area contributed by atoms with Gasteiger partial charge in [0.05, 0.1) is 0 Å². The van der Waals surface area contributed by atoms with Crippen molar-refractivity contribution in [1.29, 1.82) is 0 Å². The van der Waals surface area contributed by atoms with E-state index < -0.39 is 12.0 Å². The summed E-state index contributed by atoms with van der Waals surface area (Å²) in [6.07, 6.45) is 1.80. The maximum atomic E-state index is 11.9. The van der Waals surface area contributed by atoms with Crippen LogP contribution in [0.15, 0.2) is 0 Å². The summed E-state index contributed by atoms with van der Waals surface area (Å²) in [5.74, 6) is -0.614. The Morgan fingerprint density at radius 2 is 1.68 bits per heavy atom. The van der Waals surface area contributed by atoms with Crippen LogP contribution < -0.4 is 5.32 Å². The van der Waals surface area contributed by atoms with E-state index in [0.29, 0.717) is 12.8 Å². The lowest BCUT2D eigenvalue weighted by molar-refractivity contribution is -0.142. The Morgan fingerprint density at radius 3 is 2.05 bits per heavy atom. The molecule has 0 fully saturated rings. The molecule has 1 amide bonds. The summed E-state index contributed by atoms with van der Waals surface area (Å²) < 4.78 is 0. The number of aliphatic carboxylic acids is 1. The van der Waals surface area contributed by atoms with E-state index in [9.17, 15) is 9.59 Å². The second kappa shape index (κ2) is 7.51. The molecule has 4 nitrogen and oxygen atoms in total. The van der Waals surface area contributed by atoms with Crippen molar-refractivity contribution >= 4 is 11.9 Å². The highest BCUT2D eigenvalue weighted by Gasteiger charge is 2.23. The van der Waals surface area contributed by atoms with Crippen LogP contribution in [0.2, 0.25) is 0 Å². The number of hydrogen-bond donors (Lipinski definition) is 2. The average Bonchev–Trinajstić information content (AvgIpc) is 2.11. The summed E-state index contributed by atoms with van der Waals surface area (Å²) in [7, 11) is 0. The first kappa shape index (κ1) is 17.9. The first-order valence-corrected chi connectivity index (χ1v) is 7.03. The minimum absolute atomic E-state index is 0.162. The van der Waals surface area contributed by atoms with E-state index in [-0.39, 0.29) is 23.2 Å². The van der Waals surface area contributed by atoms with Gasteiger partial charge >= 0.3 is 5.97 Å². The molecule has 0 saturated carbocycles. The molecule has 0 heterocycles. The third-order valence-electron chi connectivity index (χ3n) is 2.84. The van der Waals surface area contributed by atoms with Gasteiger partial charge in [-0.2, -0.15) is 0 Å². The molecule has 0 saturated heterocycles. The summed E-state index contributed by atoms with van der Waals surface area (Å²) in [5.41, 5.74) is 0.184. The highest BCUT2D eigenvalue weighted by molar-refractivity contribution is 5.83. The molecule has 0 bridgehead atoms. The Kier molecular flexibility index (Phi) is 7.09. The Labute approximate surface area is 117 Å². The molecule has 2 N–H and O–H groups in total. The van der Waals surface area contributed by atoms with Crippen molar-refractivity contribution in [2.45, 2.75) is 66.8 Å². The van der Waals surface area contributed by atoms with Crippen molar-refractivity contribution in [2.75, 3.05) is 0 Å². The second-order valence-corrected chi connectivity index (χ2v) is 7.16. The third-order valence-corrected chi connectivity index (χ3v) is 2.84. The lowest BCUT2D eigenvalue weighted by atomic mass is 9.84. The van der Waals surface area contributed by atoms with E-state index in [1.807, 2.05) is 20.8 Å². The third kappa shape index (κ3) is 9.51. The largest absolute Gasteiger partial charge is 0.480 e. The molecule has 19 heavy (non-hydrogen) atoms. The number of hydrogen-bond acceptors (Lipinski definition) is 2. The van der Waals surface area contributed by atoms with Gasteiger partial charge in [-0.3, -0.25) is 4.79 Å². The van der Waals surface area contributed by atoms with Gasteiger partial charge in [0.15, 0.2) is 0 Å². The quantitative estimate of drug-likeness (QED) is 0.748. The van der Waals surface area contributed by atoms with Gasteiger partial charge in [-0.1, -0.05) is 41.5 Å². The van der Waals surface area contributed by atoms with Gasteiger partial charge in [-0.15, -0.1) is 0 Å². The number of rotatable bonds is 7. The highest BCUT2D eigenvalue weighted by Crippen LogP contribution is 2.25. The van der Waals surface area contributed by atoms with Crippen LogP contribution in [-0.2, 0) is 9.59 Å². The average molecular weight is 271 g/mol. The molecular formula is C15H29NO3. The van der Waals surface area contributed by atoms with E-state index in [1.54, 1.807) is 0 Å². The molecule has 0 rings (SSSR count). The van der Waals surface area contributed by atoms with Crippen LogP contribution in [0.25, 0.3) is 0 Å². The van der Waals surface area contributed by atoms with Crippen molar-refractivity contribution in [3.05, 3.63) is 0 Å². The van der Waals surface area contributed by atoms with Gasteiger partial charge in [0.1, 0.15) is 6.04 Å². The molecule has 0 aliphatic rings. The lowest BCUT2D eigenvalue weighted by Crippen LogP contribution is -2.42. The molecule has 0 aromatic heterocycles. The second-order valence-electron chi connectivity index (χ2n) is 7.16. The molecule has 4 heteroatoms. The molecular weight excluding hydrogens is 242 g/mol. The van der Waals surface area contributed by atoms with Gasteiger partial charge in [-0.05, 0) is 30.1 Å². The number of carbonyl (C=O) groups is 2. The topological polar surface area (TPSA) is 66.4 Å². The zero-order chi connectivity index (χ0) is 15.2. The first-order valence-electron chi connectivity index (χ1n) is 7.03. The lowest BCUT2D eigenvalue weighted by Gasteiger charge is -2.23. The molecule has 0 aliphatic heterocycles.